The minimum absolute atomic E-state index is 0.170. The molecule has 0 atom stereocenters. The number of hydrogen-bond donors (Lipinski definition) is 2. The highest BCUT2D eigenvalue weighted by atomic mass is 79.9. The Bertz CT molecular complexity index is 658. The zero-order valence-corrected chi connectivity index (χ0v) is 14.1. The highest BCUT2D eigenvalue weighted by Crippen LogP contribution is 2.34. The number of carbonyl (C=O) groups excluding carboxylic acids is 1. The third-order valence-corrected chi connectivity index (χ3v) is 3.52. The molecule has 2 N–H and O–H groups in total. The molecular weight excluding hydrogens is 379 g/mol. The van der Waals surface area contributed by atoms with E-state index >= 15 is 0 Å². The van der Waals surface area contributed by atoms with Gasteiger partial charge in [0.1, 0.15) is 11.5 Å². The van der Waals surface area contributed by atoms with E-state index in [0.29, 0.717) is 28.1 Å². The van der Waals surface area contributed by atoms with Gasteiger partial charge in [0.15, 0.2) is 0 Å². The lowest BCUT2D eigenvalue weighted by Crippen LogP contribution is -2.15. The lowest BCUT2D eigenvalue weighted by molar-refractivity contribution is 0.102. The third kappa shape index (κ3) is 4.06. The number of nitrogens with one attached hydrogen (secondary N) is 2. The summed E-state index contributed by atoms with van der Waals surface area (Å²) in [4.78, 5) is 20.3. The van der Waals surface area contributed by atoms with Gasteiger partial charge < -0.3 is 10.6 Å². The summed E-state index contributed by atoms with van der Waals surface area (Å²) in [5, 5.41) is 6.29. The highest BCUT2D eigenvalue weighted by molar-refractivity contribution is 9.10. The standard InChI is InChI=1S/C13H11BrCl2N4O/c1-2-18-11-6-17-5-10(19-11)13(21)20-12-8(15)3-7(14)4-9(12)16/h3-6H,2H2,1H3,(H,18,19)(H,20,21). The average Bonchev–Trinajstić information content (AvgIpc) is 2.43. The van der Waals surface area contributed by atoms with Gasteiger partial charge in [-0.3, -0.25) is 9.78 Å². The van der Waals surface area contributed by atoms with Crippen molar-refractivity contribution in [3.63, 3.8) is 0 Å². The Morgan fingerprint density at radius 2 is 1.95 bits per heavy atom. The van der Waals surface area contributed by atoms with E-state index in [-0.39, 0.29) is 5.69 Å². The monoisotopic (exact) mass is 388 g/mol. The molecule has 5 nitrogen and oxygen atoms in total. The second-order valence-corrected chi connectivity index (χ2v) is 5.75. The smallest absolute Gasteiger partial charge is 0.276 e. The first-order chi connectivity index (χ1) is 10.0. The van der Waals surface area contributed by atoms with Crippen LogP contribution in [0.1, 0.15) is 17.4 Å². The van der Waals surface area contributed by atoms with Gasteiger partial charge >= 0.3 is 0 Å². The fraction of sp³-hybridized carbons (Fsp3) is 0.154. The van der Waals surface area contributed by atoms with Crippen LogP contribution in [0.4, 0.5) is 11.5 Å². The fourth-order valence-electron chi connectivity index (χ4n) is 1.58. The van der Waals surface area contributed by atoms with E-state index in [1.807, 2.05) is 6.92 Å². The molecule has 0 fully saturated rings. The van der Waals surface area contributed by atoms with Crippen LogP contribution < -0.4 is 10.6 Å². The fourth-order valence-corrected chi connectivity index (χ4v) is 2.88. The molecule has 110 valence electrons. The molecule has 0 aliphatic rings. The van der Waals surface area contributed by atoms with Crippen LogP contribution in [0.3, 0.4) is 0 Å². The van der Waals surface area contributed by atoms with Crippen molar-refractivity contribution in [1.82, 2.24) is 9.97 Å². The molecule has 21 heavy (non-hydrogen) atoms. The van der Waals surface area contributed by atoms with Crippen LogP contribution in [-0.2, 0) is 0 Å². The first-order valence-corrected chi connectivity index (χ1v) is 7.58. The van der Waals surface area contributed by atoms with E-state index in [0.717, 1.165) is 4.47 Å². The van der Waals surface area contributed by atoms with E-state index < -0.39 is 5.91 Å². The SMILES string of the molecule is CCNc1cncc(C(=O)Nc2c(Cl)cc(Br)cc2Cl)n1. The first-order valence-electron chi connectivity index (χ1n) is 6.03. The number of hydrogen-bond acceptors (Lipinski definition) is 4. The Morgan fingerprint density at radius 3 is 2.57 bits per heavy atom. The number of aromatic nitrogens is 2. The Labute approximate surface area is 140 Å². The molecule has 0 bridgehead atoms. The summed E-state index contributed by atoms with van der Waals surface area (Å²) >= 11 is 15.4. The summed E-state index contributed by atoms with van der Waals surface area (Å²) in [5.41, 5.74) is 0.505. The lowest BCUT2D eigenvalue weighted by atomic mass is 10.3. The predicted octanol–water partition coefficient (Wildman–Crippen LogP) is 4.23. The molecule has 0 saturated carbocycles. The number of nitrogens with zero attached hydrogens (tertiary/aromatic N) is 2. The first kappa shape index (κ1) is 16.0. The van der Waals surface area contributed by atoms with Crippen molar-refractivity contribution in [2.75, 3.05) is 17.2 Å². The van der Waals surface area contributed by atoms with E-state index in [1.54, 1.807) is 18.3 Å². The summed E-state index contributed by atoms with van der Waals surface area (Å²) in [5.74, 6) is 0.0894. The van der Waals surface area contributed by atoms with Crippen molar-refractivity contribution >= 4 is 56.5 Å². The Hall–Kier alpha value is -1.37. The molecule has 0 spiro atoms. The van der Waals surface area contributed by atoms with Gasteiger partial charge in [0, 0.05) is 11.0 Å². The van der Waals surface area contributed by atoms with Crippen LogP contribution in [-0.4, -0.2) is 22.4 Å². The molecule has 0 radical (unpaired) electrons. The third-order valence-electron chi connectivity index (χ3n) is 2.47. The summed E-state index contributed by atoms with van der Waals surface area (Å²) < 4.78 is 0.726. The minimum atomic E-state index is -0.437. The molecule has 0 aliphatic heterocycles. The molecule has 0 unspecified atom stereocenters. The second kappa shape index (κ2) is 7.06. The summed E-state index contributed by atoms with van der Waals surface area (Å²) in [7, 11) is 0. The molecule has 1 aromatic heterocycles. The van der Waals surface area contributed by atoms with Crippen molar-refractivity contribution in [3.8, 4) is 0 Å². The molecule has 1 aromatic carbocycles. The van der Waals surface area contributed by atoms with Crippen molar-refractivity contribution in [2.45, 2.75) is 6.92 Å². The van der Waals surface area contributed by atoms with Crippen molar-refractivity contribution < 1.29 is 4.79 Å². The number of rotatable bonds is 4. The van der Waals surface area contributed by atoms with Crippen LogP contribution >= 0.6 is 39.1 Å². The number of benzene rings is 1. The van der Waals surface area contributed by atoms with Crippen LogP contribution in [0.2, 0.25) is 10.0 Å². The maximum absolute atomic E-state index is 12.2. The molecule has 2 rings (SSSR count). The summed E-state index contributed by atoms with van der Waals surface area (Å²) in [6, 6.07) is 3.29. The van der Waals surface area contributed by atoms with Gasteiger partial charge in [-0.05, 0) is 19.1 Å². The Balaban J connectivity index is 2.24. The van der Waals surface area contributed by atoms with Crippen LogP contribution in [0.5, 0.6) is 0 Å². The van der Waals surface area contributed by atoms with Gasteiger partial charge in [-0.2, -0.15) is 0 Å². The summed E-state index contributed by atoms with van der Waals surface area (Å²) in [6.07, 6.45) is 2.91. The van der Waals surface area contributed by atoms with Gasteiger partial charge in [0.2, 0.25) is 0 Å². The maximum Gasteiger partial charge on any atom is 0.276 e. The molecule has 0 aliphatic carbocycles. The number of carbonyl (C=O) groups is 1. The molecule has 0 saturated heterocycles. The van der Waals surface area contributed by atoms with Crippen molar-refractivity contribution in [3.05, 3.63) is 44.7 Å². The predicted molar refractivity (Wildman–Crippen MR) is 88.3 cm³/mol. The number of halogens is 3. The molecule has 1 heterocycles. The van der Waals surface area contributed by atoms with Gasteiger partial charge in [-0.15, -0.1) is 0 Å². The van der Waals surface area contributed by atoms with Crippen molar-refractivity contribution in [1.29, 1.82) is 0 Å². The molecule has 1 amide bonds. The number of anilines is 2. The lowest BCUT2D eigenvalue weighted by Gasteiger charge is -2.10. The minimum Gasteiger partial charge on any atom is -0.369 e. The number of amides is 1. The van der Waals surface area contributed by atoms with Gasteiger partial charge in [-0.1, -0.05) is 39.1 Å². The van der Waals surface area contributed by atoms with E-state index in [9.17, 15) is 4.79 Å². The van der Waals surface area contributed by atoms with Crippen molar-refractivity contribution in [2.24, 2.45) is 0 Å². The van der Waals surface area contributed by atoms with Gasteiger partial charge in [0.25, 0.3) is 5.91 Å². The normalized spacial score (nSPS) is 10.3. The van der Waals surface area contributed by atoms with Crippen LogP contribution in [0.25, 0.3) is 0 Å². The maximum atomic E-state index is 12.2. The van der Waals surface area contributed by atoms with E-state index in [2.05, 4.69) is 36.5 Å². The summed E-state index contributed by atoms with van der Waals surface area (Å²) in [6.45, 7) is 2.61. The Kier molecular flexibility index (Phi) is 5.39. The zero-order valence-electron chi connectivity index (χ0n) is 11.0. The Morgan fingerprint density at radius 1 is 1.29 bits per heavy atom. The van der Waals surface area contributed by atoms with E-state index in [1.165, 1.54) is 6.20 Å². The molecule has 2 aromatic rings. The quantitative estimate of drug-likeness (QED) is 0.820. The van der Waals surface area contributed by atoms with Gasteiger partial charge in [-0.25, -0.2) is 4.98 Å². The van der Waals surface area contributed by atoms with E-state index in [4.69, 9.17) is 23.2 Å². The average molecular weight is 390 g/mol. The topological polar surface area (TPSA) is 66.9 Å². The van der Waals surface area contributed by atoms with Crippen LogP contribution in [0, 0.1) is 0 Å². The second-order valence-electron chi connectivity index (χ2n) is 4.02. The zero-order chi connectivity index (χ0) is 15.4. The highest BCUT2D eigenvalue weighted by Gasteiger charge is 2.14. The van der Waals surface area contributed by atoms with Gasteiger partial charge in [0.05, 0.1) is 28.1 Å². The molecule has 8 heteroatoms. The largest absolute Gasteiger partial charge is 0.369 e. The van der Waals surface area contributed by atoms with Crippen LogP contribution in [0.15, 0.2) is 29.0 Å². The molecular formula is C13H11BrCl2N4O.